The predicted octanol–water partition coefficient (Wildman–Crippen LogP) is 16.5. The molecule has 0 saturated heterocycles. The van der Waals surface area contributed by atoms with Gasteiger partial charge in [-0.15, -0.1) is 0 Å². The van der Waals surface area contributed by atoms with Crippen molar-refractivity contribution in [2.75, 3.05) is 4.90 Å². The van der Waals surface area contributed by atoms with Gasteiger partial charge in [0.2, 0.25) is 0 Å². The molecule has 0 aliphatic carbocycles. The summed E-state index contributed by atoms with van der Waals surface area (Å²) in [4.78, 5) is 2.45. The van der Waals surface area contributed by atoms with Crippen LogP contribution in [-0.2, 0) is 0 Å². The van der Waals surface area contributed by atoms with Crippen molar-refractivity contribution in [3.05, 3.63) is 237 Å². The Hall–Kier alpha value is -7.94. The van der Waals surface area contributed by atoms with Gasteiger partial charge in [-0.3, -0.25) is 0 Å². The zero-order chi connectivity index (χ0) is 39.8. The van der Waals surface area contributed by atoms with Crippen LogP contribution in [0.3, 0.4) is 0 Å². The summed E-state index contributed by atoms with van der Waals surface area (Å²) in [7, 11) is 0. The zero-order valence-electron chi connectivity index (χ0n) is 32.9. The molecule has 1 aromatic heterocycles. The van der Waals surface area contributed by atoms with E-state index >= 15 is 0 Å². The maximum atomic E-state index is 6.70. The Kier molecular flexibility index (Phi) is 8.87. The third-order valence-corrected chi connectivity index (χ3v) is 11.7. The summed E-state index contributed by atoms with van der Waals surface area (Å²) in [6.45, 7) is 0. The molecule has 0 radical (unpaired) electrons. The first-order valence-corrected chi connectivity index (χ1v) is 20.5. The molecule has 2 nitrogen and oxygen atoms in total. The Bertz CT molecular complexity index is 3310. The topological polar surface area (TPSA) is 16.4 Å². The van der Waals surface area contributed by atoms with Crippen molar-refractivity contribution in [3.63, 3.8) is 0 Å². The number of anilines is 3. The smallest absolute Gasteiger partial charge is 0.143 e. The van der Waals surface area contributed by atoms with Crippen molar-refractivity contribution in [2.24, 2.45) is 0 Å². The van der Waals surface area contributed by atoms with Crippen molar-refractivity contribution < 1.29 is 4.42 Å². The van der Waals surface area contributed by atoms with Crippen molar-refractivity contribution >= 4 is 49.8 Å². The fourth-order valence-corrected chi connectivity index (χ4v) is 8.87. The van der Waals surface area contributed by atoms with Crippen molar-refractivity contribution in [1.82, 2.24) is 0 Å². The zero-order valence-corrected chi connectivity index (χ0v) is 32.9. The molecule has 0 unspecified atom stereocenters. The second-order valence-electron chi connectivity index (χ2n) is 15.2. The molecular formula is C58H39NO. The number of rotatable bonds is 8. The second kappa shape index (κ2) is 15.1. The third kappa shape index (κ3) is 6.23. The summed E-state index contributed by atoms with van der Waals surface area (Å²) < 4.78 is 6.70. The molecular weight excluding hydrogens is 727 g/mol. The number of para-hydroxylation sites is 3. The average molecular weight is 766 g/mol. The van der Waals surface area contributed by atoms with Crippen LogP contribution < -0.4 is 4.90 Å². The maximum Gasteiger partial charge on any atom is 0.143 e. The molecule has 11 rings (SSSR count). The van der Waals surface area contributed by atoms with E-state index in [0.29, 0.717) is 0 Å². The van der Waals surface area contributed by atoms with E-state index in [-0.39, 0.29) is 0 Å². The Morgan fingerprint density at radius 1 is 0.300 bits per heavy atom. The Morgan fingerprint density at radius 3 is 1.65 bits per heavy atom. The van der Waals surface area contributed by atoms with E-state index in [0.717, 1.165) is 77.9 Å². The van der Waals surface area contributed by atoms with Gasteiger partial charge in [0.05, 0.1) is 11.4 Å². The van der Waals surface area contributed by atoms with Gasteiger partial charge in [-0.2, -0.15) is 0 Å². The second-order valence-corrected chi connectivity index (χ2v) is 15.2. The van der Waals surface area contributed by atoms with E-state index in [1.54, 1.807) is 0 Å². The number of fused-ring (bicyclic) bond motifs is 4. The summed E-state index contributed by atoms with van der Waals surface area (Å²) in [6.07, 6.45) is 0. The summed E-state index contributed by atoms with van der Waals surface area (Å²) in [5.74, 6) is 0. The van der Waals surface area contributed by atoms with Gasteiger partial charge in [-0.05, 0) is 86.1 Å². The van der Waals surface area contributed by atoms with Gasteiger partial charge in [0.25, 0.3) is 0 Å². The van der Waals surface area contributed by atoms with Crippen LogP contribution in [0.4, 0.5) is 17.1 Å². The molecule has 0 fully saturated rings. The van der Waals surface area contributed by atoms with Gasteiger partial charge in [0.15, 0.2) is 0 Å². The molecule has 0 aliphatic rings. The molecule has 0 atom stereocenters. The third-order valence-electron chi connectivity index (χ3n) is 11.7. The maximum absolute atomic E-state index is 6.70. The van der Waals surface area contributed by atoms with Crippen LogP contribution in [0, 0.1) is 0 Å². The first-order valence-electron chi connectivity index (χ1n) is 20.5. The summed E-state index contributed by atoms with van der Waals surface area (Å²) in [5, 5.41) is 4.69. The highest BCUT2D eigenvalue weighted by Crippen LogP contribution is 2.50. The monoisotopic (exact) mass is 765 g/mol. The van der Waals surface area contributed by atoms with Crippen molar-refractivity contribution in [1.29, 1.82) is 0 Å². The van der Waals surface area contributed by atoms with Gasteiger partial charge in [-0.25, -0.2) is 0 Å². The van der Waals surface area contributed by atoms with Crippen LogP contribution in [0.5, 0.6) is 0 Å². The predicted molar refractivity (Wildman–Crippen MR) is 253 cm³/mol. The first-order chi connectivity index (χ1) is 29.8. The molecule has 0 N–H and O–H groups in total. The van der Waals surface area contributed by atoms with E-state index in [1.807, 2.05) is 6.07 Å². The van der Waals surface area contributed by atoms with E-state index < -0.39 is 0 Å². The molecule has 1 heterocycles. The van der Waals surface area contributed by atoms with Gasteiger partial charge >= 0.3 is 0 Å². The lowest BCUT2D eigenvalue weighted by atomic mass is 9.87. The van der Waals surface area contributed by atoms with Gasteiger partial charge < -0.3 is 9.32 Å². The average Bonchev–Trinajstić information content (AvgIpc) is 3.72. The molecule has 10 aromatic carbocycles. The number of hydrogen-bond acceptors (Lipinski definition) is 2. The van der Waals surface area contributed by atoms with Gasteiger partial charge in [0.1, 0.15) is 11.2 Å². The SMILES string of the molecule is c1ccc(-c2ccccc2-c2c(-c3ccccc3)cccc2N(c2ccc(-c3ccc4ccccc4c3)cc2)c2ccccc2-c2cccc3c2oc2ccccc23)cc1. The number of hydrogen-bond donors (Lipinski definition) is 0. The van der Waals surface area contributed by atoms with Crippen LogP contribution in [0.25, 0.3) is 88.3 Å². The molecule has 11 aromatic rings. The molecule has 0 aliphatic heterocycles. The van der Waals surface area contributed by atoms with Gasteiger partial charge in [-0.1, -0.05) is 200 Å². The molecule has 0 bridgehead atoms. The molecule has 282 valence electrons. The molecule has 0 amide bonds. The van der Waals surface area contributed by atoms with E-state index in [9.17, 15) is 0 Å². The fraction of sp³-hybridized carbons (Fsp3) is 0. The minimum atomic E-state index is 0.880. The lowest BCUT2D eigenvalue weighted by Gasteiger charge is -2.31. The van der Waals surface area contributed by atoms with Crippen LogP contribution >= 0.6 is 0 Å². The quantitative estimate of drug-likeness (QED) is 0.153. The Morgan fingerprint density at radius 2 is 0.850 bits per heavy atom. The minimum absolute atomic E-state index is 0.880. The normalized spacial score (nSPS) is 11.3. The largest absolute Gasteiger partial charge is 0.455 e. The first kappa shape index (κ1) is 35.2. The van der Waals surface area contributed by atoms with Crippen LogP contribution in [-0.4, -0.2) is 0 Å². The molecule has 0 spiro atoms. The van der Waals surface area contributed by atoms with Crippen molar-refractivity contribution in [3.8, 4) is 55.6 Å². The van der Waals surface area contributed by atoms with Crippen LogP contribution in [0.15, 0.2) is 241 Å². The molecule has 60 heavy (non-hydrogen) atoms. The van der Waals surface area contributed by atoms with Crippen LogP contribution in [0.1, 0.15) is 0 Å². The highest BCUT2D eigenvalue weighted by atomic mass is 16.3. The number of furan rings is 1. The lowest BCUT2D eigenvalue weighted by Crippen LogP contribution is -2.13. The van der Waals surface area contributed by atoms with Crippen LogP contribution in [0.2, 0.25) is 0 Å². The Labute approximate surface area is 349 Å². The standard InChI is InChI=1S/C58H39NO/c1-3-18-42(19-4-1)47-23-9-10-26-51(47)57-48(43-20-5-2-6-21-43)27-16-31-55(57)59(46-37-35-41(36-38-46)45-34-33-40-17-7-8-22-44(40)39-45)54-30-13-11-24-49(54)52-28-15-29-53-50-25-12-14-32-56(50)60-58(52)53/h1-39H. The van der Waals surface area contributed by atoms with Gasteiger partial charge in [0, 0.05) is 33.2 Å². The Balaban J connectivity index is 1.19. The molecule has 2 heteroatoms. The highest BCUT2D eigenvalue weighted by Gasteiger charge is 2.25. The number of benzene rings is 10. The minimum Gasteiger partial charge on any atom is -0.455 e. The van der Waals surface area contributed by atoms with E-state index in [2.05, 4.69) is 235 Å². The summed E-state index contributed by atoms with van der Waals surface area (Å²) in [6, 6.07) is 85.0. The lowest BCUT2D eigenvalue weighted by molar-refractivity contribution is 0.670. The van der Waals surface area contributed by atoms with Crippen molar-refractivity contribution in [2.45, 2.75) is 0 Å². The number of nitrogens with zero attached hydrogens (tertiary/aromatic N) is 1. The molecule has 0 saturated carbocycles. The van der Waals surface area contributed by atoms with E-state index in [4.69, 9.17) is 4.42 Å². The summed E-state index contributed by atoms with van der Waals surface area (Å²) >= 11 is 0. The summed E-state index contributed by atoms with van der Waals surface area (Å²) in [5.41, 5.74) is 16.4. The fourth-order valence-electron chi connectivity index (χ4n) is 8.87. The van der Waals surface area contributed by atoms with E-state index in [1.165, 1.54) is 27.5 Å². The highest BCUT2D eigenvalue weighted by molar-refractivity contribution is 6.11.